The van der Waals surface area contributed by atoms with Crippen LogP contribution < -0.4 is 5.32 Å². The van der Waals surface area contributed by atoms with Gasteiger partial charge in [-0.15, -0.1) is 0 Å². The van der Waals surface area contributed by atoms with Crippen molar-refractivity contribution in [3.05, 3.63) is 36.1 Å². The smallest absolute Gasteiger partial charge is 0.134 e. The standard InChI is InChI=1S/C14H19NO2/c1-4-11(16-3)14(15-2)13-9-10-7-5-6-8-12(10)17-13/h5-9,11,14-15H,4H2,1-3H3. The Labute approximate surface area is 102 Å². The molecular weight excluding hydrogens is 214 g/mol. The highest BCUT2D eigenvalue weighted by atomic mass is 16.5. The van der Waals surface area contributed by atoms with Gasteiger partial charge in [-0.2, -0.15) is 0 Å². The number of fused-ring (bicyclic) bond motifs is 1. The molecule has 0 spiro atoms. The summed E-state index contributed by atoms with van der Waals surface area (Å²) in [6, 6.07) is 10.2. The predicted octanol–water partition coefficient (Wildman–Crippen LogP) is 3.12. The van der Waals surface area contributed by atoms with E-state index in [9.17, 15) is 0 Å². The Kier molecular flexibility index (Phi) is 3.82. The van der Waals surface area contributed by atoms with Crippen molar-refractivity contribution in [2.45, 2.75) is 25.5 Å². The molecule has 3 nitrogen and oxygen atoms in total. The number of methoxy groups -OCH3 is 1. The zero-order chi connectivity index (χ0) is 12.3. The van der Waals surface area contributed by atoms with E-state index in [-0.39, 0.29) is 12.1 Å². The first kappa shape index (κ1) is 12.1. The molecule has 17 heavy (non-hydrogen) atoms. The third kappa shape index (κ3) is 2.35. The maximum atomic E-state index is 5.86. The topological polar surface area (TPSA) is 34.4 Å². The molecule has 3 heteroatoms. The molecule has 2 unspecified atom stereocenters. The molecule has 1 aromatic heterocycles. The zero-order valence-electron chi connectivity index (χ0n) is 10.6. The highest BCUT2D eigenvalue weighted by Crippen LogP contribution is 2.27. The zero-order valence-corrected chi connectivity index (χ0v) is 10.6. The Bertz CT molecular complexity index is 441. The molecule has 0 fully saturated rings. The van der Waals surface area contributed by atoms with Crippen molar-refractivity contribution >= 4 is 11.0 Å². The van der Waals surface area contributed by atoms with Crippen LogP contribution in [0.25, 0.3) is 11.0 Å². The van der Waals surface area contributed by atoms with E-state index in [1.165, 1.54) is 0 Å². The molecule has 1 aromatic carbocycles. The Hall–Kier alpha value is -1.32. The van der Waals surface area contributed by atoms with Crippen LogP contribution in [0.15, 0.2) is 34.7 Å². The minimum Gasteiger partial charge on any atom is -0.459 e. The first-order valence-electron chi connectivity index (χ1n) is 5.98. The molecule has 92 valence electrons. The van der Waals surface area contributed by atoms with Gasteiger partial charge >= 0.3 is 0 Å². The van der Waals surface area contributed by atoms with E-state index in [1.807, 2.05) is 25.2 Å². The number of furan rings is 1. The molecule has 0 saturated carbocycles. The molecule has 2 atom stereocenters. The van der Waals surface area contributed by atoms with Crippen molar-refractivity contribution in [1.82, 2.24) is 5.32 Å². The molecule has 0 bridgehead atoms. The molecular formula is C14H19NO2. The van der Waals surface area contributed by atoms with Crippen molar-refractivity contribution in [3.8, 4) is 0 Å². The van der Waals surface area contributed by atoms with Gasteiger partial charge in [-0.25, -0.2) is 0 Å². The second-order valence-corrected chi connectivity index (χ2v) is 4.14. The molecule has 0 radical (unpaired) electrons. The quantitative estimate of drug-likeness (QED) is 0.861. The van der Waals surface area contributed by atoms with E-state index < -0.39 is 0 Å². The second kappa shape index (κ2) is 5.34. The number of para-hydroxylation sites is 1. The Morgan fingerprint density at radius 2 is 2.12 bits per heavy atom. The Morgan fingerprint density at radius 1 is 1.35 bits per heavy atom. The van der Waals surface area contributed by atoms with Gasteiger partial charge in [0.1, 0.15) is 11.3 Å². The Balaban J connectivity index is 2.36. The van der Waals surface area contributed by atoms with Crippen LogP contribution in [0, 0.1) is 0 Å². The van der Waals surface area contributed by atoms with Gasteiger partial charge in [0.2, 0.25) is 0 Å². The van der Waals surface area contributed by atoms with Crippen LogP contribution in [-0.4, -0.2) is 20.3 Å². The number of nitrogens with one attached hydrogen (secondary N) is 1. The summed E-state index contributed by atoms with van der Waals surface area (Å²) in [5.41, 5.74) is 0.925. The first-order chi connectivity index (χ1) is 8.30. The van der Waals surface area contributed by atoms with Gasteiger partial charge < -0.3 is 14.5 Å². The van der Waals surface area contributed by atoms with Crippen LogP contribution in [-0.2, 0) is 4.74 Å². The number of likely N-dealkylation sites (N-methyl/N-ethyl adjacent to an activating group) is 1. The van der Waals surface area contributed by atoms with Crippen LogP contribution >= 0.6 is 0 Å². The summed E-state index contributed by atoms with van der Waals surface area (Å²) >= 11 is 0. The van der Waals surface area contributed by atoms with Crippen LogP contribution in [0.5, 0.6) is 0 Å². The third-order valence-electron chi connectivity index (χ3n) is 3.14. The van der Waals surface area contributed by atoms with Gasteiger partial charge in [-0.1, -0.05) is 25.1 Å². The number of hydrogen-bond acceptors (Lipinski definition) is 3. The third-order valence-corrected chi connectivity index (χ3v) is 3.14. The number of benzene rings is 1. The maximum Gasteiger partial charge on any atom is 0.134 e. The SMILES string of the molecule is CCC(OC)C(NC)c1cc2ccccc2o1. The monoisotopic (exact) mass is 233 g/mol. The lowest BCUT2D eigenvalue weighted by Gasteiger charge is -2.22. The van der Waals surface area contributed by atoms with Gasteiger partial charge in [0, 0.05) is 12.5 Å². The summed E-state index contributed by atoms with van der Waals surface area (Å²) in [6.45, 7) is 2.11. The van der Waals surface area contributed by atoms with Gasteiger partial charge in [0.15, 0.2) is 0 Å². The van der Waals surface area contributed by atoms with Gasteiger partial charge in [-0.3, -0.25) is 0 Å². The average Bonchev–Trinajstić information content (AvgIpc) is 2.78. The number of ether oxygens (including phenoxy) is 1. The van der Waals surface area contributed by atoms with Crippen LogP contribution in [0.3, 0.4) is 0 Å². The Morgan fingerprint density at radius 3 is 2.71 bits per heavy atom. The maximum absolute atomic E-state index is 5.86. The van der Waals surface area contributed by atoms with Crippen LogP contribution in [0.1, 0.15) is 25.1 Å². The van der Waals surface area contributed by atoms with E-state index in [4.69, 9.17) is 9.15 Å². The van der Waals surface area contributed by atoms with Crippen LogP contribution in [0.2, 0.25) is 0 Å². The molecule has 0 saturated heterocycles. The van der Waals surface area contributed by atoms with E-state index in [0.29, 0.717) is 0 Å². The highest BCUT2D eigenvalue weighted by molar-refractivity contribution is 5.77. The van der Waals surface area contributed by atoms with Crippen molar-refractivity contribution in [2.24, 2.45) is 0 Å². The number of hydrogen-bond donors (Lipinski definition) is 1. The highest BCUT2D eigenvalue weighted by Gasteiger charge is 2.23. The molecule has 0 aliphatic rings. The molecule has 1 N–H and O–H groups in total. The second-order valence-electron chi connectivity index (χ2n) is 4.14. The largest absolute Gasteiger partial charge is 0.459 e. The van der Waals surface area contributed by atoms with E-state index >= 15 is 0 Å². The molecule has 1 heterocycles. The van der Waals surface area contributed by atoms with Crippen molar-refractivity contribution < 1.29 is 9.15 Å². The van der Waals surface area contributed by atoms with Gasteiger partial charge in [0.25, 0.3) is 0 Å². The van der Waals surface area contributed by atoms with E-state index in [1.54, 1.807) is 7.11 Å². The first-order valence-corrected chi connectivity index (χ1v) is 5.98. The minimum atomic E-state index is 0.0948. The van der Waals surface area contributed by atoms with Gasteiger partial charge in [0.05, 0.1) is 12.1 Å². The average molecular weight is 233 g/mol. The molecule has 2 aromatic rings. The fourth-order valence-electron chi connectivity index (χ4n) is 2.21. The van der Waals surface area contributed by atoms with Crippen molar-refractivity contribution in [3.63, 3.8) is 0 Å². The van der Waals surface area contributed by atoms with E-state index in [0.717, 1.165) is 23.2 Å². The minimum absolute atomic E-state index is 0.0948. The fraction of sp³-hybridized carbons (Fsp3) is 0.429. The number of rotatable bonds is 5. The lowest BCUT2D eigenvalue weighted by atomic mass is 10.1. The van der Waals surface area contributed by atoms with Crippen LogP contribution in [0.4, 0.5) is 0 Å². The lowest BCUT2D eigenvalue weighted by molar-refractivity contribution is 0.0611. The summed E-state index contributed by atoms with van der Waals surface area (Å²) < 4.78 is 11.3. The summed E-state index contributed by atoms with van der Waals surface area (Å²) in [5.74, 6) is 0.933. The summed E-state index contributed by atoms with van der Waals surface area (Å²) in [7, 11) is 3.67. The van der Waals surface area contributed by atoms with E-state index in [2.05, 4.69) is 24.4 Å². The molecule has 2 rings (SSSR count). The molecule has 0 aliphatic heterocycles. The summed E-state index contributed by atoms with van der Waals surface area (Å²) in [4.78, 5) is 0. The van der Waals surface area contributed by atoms with Crippen molar-refractivity contribution in [2.75, 3.05) is 14.2 Å². The fourth-order valence-corrected chi connectivity index (χ4v) is 2.21. The van der Waals surface area contributed by atoms with Crippen molar-refractivity contribution in [1.29, 1.82) is 0 Å². The normalized spacial score (nSPS) is 15.0. The summed E-state index contributed by atoms with van der Waals surface area (Å²) in [5, 5.41) is 4.40. The molecule has 0 amide bonds. The lowest BCUT2D eigenvalue weighted by Crippen LogP contribution is -2.30. The predicted molar refractivity (Wildman–Crippen MR) is 69.1 cm³/mol. The summed E-state index contributed by atoms with van der Waals surface area (Å²) in [6.07, 6.45) is 1.07. The molecule has 0 aliphatic carbocycles. The van der Waals surface area contributed by atoms with Gasteiger partial charge in [-0.05, 0) is 25.6 Å².